The van der Waals surface area contributed by atoms with Crippen LogP contribution in [0.1, 0.15) is 60.7 Å². The predicted molar refractivity (Wildman–Crippen MR) is 187 cm³/mol. The first-order valence-electron chi connectivity index (χ1n) is 16.4. The predicted octanol–water partition coefficient (Wildman–Crippen LogP) is 4.33. The Morgan fingerprint density at radius 1 is 0.700 bits per heavy atom. The van der Waals surface area contributed by atoms with Crippen LogP contribution in [0.2, 0.25) is 0 Å². The molecule has 3 rings (SSSR count). The van der Waals surface area contributed by atoms with E-state index in [1.54, 1.807) is 26.8 Å². The fourth-order valence-corrected chi connectivity index (χ4v) is 4.95. The highest BCUT2D eigenvalue weighted by molar-refractivity contribution is 5.93. The molecule has 0 radical (unpaired) electrons. The van der Waals surface area contributed by atoms with Crippen molar-refractivity contribution in [1.29, 1.82) is 0 Å². The molecule has 0 fully saturated rings. The molecule has 0 spiro atoms. The zero-order valence-corrected chi connectivity index (χ0v) is 29.3. The van der Waals surface area contributed by atoms with Crippen molar-refractivity contribution in [1.82, 2.24) is 16.0 Å². The molecule has 3 aromatic rings. The van der Waals surface area contributed by atoms with Crippen LogP contribution < -0.4 is 20.7 Å². The van der Waals surface area contributed by atoms with Crippen LogP contribution in [-0.4, -0.2) is 74.9 Å². The van der Waals surface area contributed by atoms with E-state index in [0.717, 1.165) is 18.4 Å². The van der Waals surface area contributed by atoms with Gasteiger partial charge in [0.2, 0.25) is 11.8 Å². The maximum Gasteiger partial charge on any atom is 0.408 e. The Balaban J connectivity index is 1.84. The normalized spacial score (nSPS) is 12.1. The van der Waals surface area contributed by atoms with Gasteiger partial charge in [0.15, 0.2) is 6.61 Å². The van der Waals surface area contributed by atoms with Crippen molar-refractivity contribution in [3.8, 4) is 5.75 Å². The summed E-state index contributed by atoms with van der Waals surface area (Å²) in [5.41, 5.74) is 1.71. The van der Waals surface area contributed by atoms with Crippen LogP contribution in [0.5, 0.6) is 5.75 Å². The van der Waals surface area contributed by atoms with E-state index in [4.69, 9.17) is 14.2 Å². The van der Waals surface area contributed by atoms with Gasteiger partial charge in [-0.15, -0.1) is 0 Å². The van der Waals surface area contributed by atoms with E-state index in [1.807, 2.05) is 48.5 Å². The lowest BCUT2D eigenvalue weighted by atomic mass is 10.0. The minimum Gasteiger partial charge on any atom is -0.481 e. The van der Waals surface area contributed by atoms with Gasteiger partial charge in [-0.25, -0.2) is 14.4 Å². The summed E-state index contributed by atoms with van der Waals surface area (Å²) in [5, 5.41) is 8.39. The molecular weight excluding hydrogens is 642 g/mol. The molecule has 12 nitrogen and oxygen atoms in total. The average Bonchev–Trinajstić information content (AvgIpc) is 3.09. The van der Waals surface area contributed by atoms with Gasteiger partial charge >= 0.3 is 18.0 Å². The number of aryl methyl sites for hydroxylation is 1. The van der Waals surface area contributed by atoms with Crippen LogP contribution in [0.15, 0.2) is 78.9 Å². The van der Waals surface area contributed by atoms with Gasteiger partial charge in [-0.3, -0.25) is 9.59 Å². The molecule has 1 unspecified atom stereocenters. The molecule has 0 aliphatic heterocycles. The molecule has 12 heteroatoms. The molecule has 0 bridgehead atoms. The number of carbonyl (C=O) groups is 5. The summed E-state index contributed by atoms with van der Waals surface area (Å²) in [5.74, 6) is -2.33. The molecule has 268 valence electrons. The summed E-state index contributed by atoms with van der Waals surface area (Å²) >= 11 is 0. The van der Waals surface area contributed by atoms with E-state index in [1.165, 1.54) is 31.9 Å². The lowest BCUT2D eigenvalue weighted by molar-refractivity contribution is -0.143. The van der Waals surface area contributed by atoms with Crippen LogP contribution in [0.25, 0.3) is 0 Å². The van der Waals surface area contributed by atoms with Crippen molar-refractivity contribution in [3.63, 3.8) is 0 Å². The van der Waals surface area contributed by atoms with E-state index in [2.05, 4.69) is 32.8 Å². The SMILES string of the molecule is COC(=O)COc1ccc(C[C@H](NC(=O)C(Cc2ccccc2)NC(=O)OC(C)(C)C)C(=O)NCCCCc2ccccc2)cc1C(=O)OC. The van der Waals surface area contributed by atoms with Gasteiger partial charge in [0, 0.05) is 19.4 Å². The van der Waals surface area contributed by atoms with Crippen LogP contribution >= 0.6 is 0 Å². The maximum atomic E-state index is 13.8. The first kappa shape index (κ1) is 39.1. The first-order chi connectivity index (χ1) is 23.9. The number of carbonyl (C=O) groups excluding carboxylic acids is 5. The van der Waals surface area contributed by atoms with Crippen LogP contribution in [0.3, 0.4) is 0 Å². The summed E-state index contributed by atoms with van der Waals surface area (Å²) in [4.78, 5) is 64.6. The van der Waals surface area contributed by atoms with Gasteiger partial charge in [-0.05, 0) is 68.9 Å². The molecule has 0 aliphatic rings. The number of benzene rings is 3. The Kier molecular flexibility index (Phi) is 15.3. The number of nitrogens with one attached hydrogen (secondary N) is 3. The van der Waals surface area contributed by atoms with Gasteiger partial charge in [-0.1, -0.05) is 66.7 Å². The van der Waals surface area contributed by atoms with Crippen molar-refractivity contribution >= 4 is 29.8 Å². The van der Waals surface area contributed by atoms with Gasteiger partial charge in [0.05, 0.1) is 14.2 Å². The fourth-order valence-electron chi connectivity index (χ4n) is 4.95. The monoisotopic (exact) mass is 689 g/mol. The second-order valence-electron chi connectivity index (χ2n) is 12.6. The van der Waals surface area contributed by atoms with E-state index in [0.29, 0.717) is 18.5 Å². The van der Waals surface area contributed by atoms with E-state index < -0.39 is 54.1 Å². The summed E-state index contributed by atoms with van der Waals surface area (Å²) in [6, 6.07) is 21.6. The topological polar surface area (TPSA) is 158 Å². The third-order valence-corrected chi connectivity index (χ3v) is 7.42. The largest absolute Gasteiger partial charge is 0.481 e. The number of methoxy groups -OCH3 is 2. The Morgan fingerprint density at radius 3 is 1.94 bits per heavy atom. The van der Waals surface area contributed by atoms with Gasteiger partial charge in [0.1, 0.15) is 29.0 Å². The zero-order chi connectivity index (χ0) is 36.5. The smallest absolute Gasteiger partial charge is 0.408 e. The number of unbranched alkanes of at least 4 members (excludes halogenated alkanes) is 1. The average molecular weight is 690 g/mol. The summed E-state index contributed by atoms with van der Waals surface area (Å²) < 4.78 is 20.4. The number of hydrogen-bond acceptors (Lipinski definition) is 9. The number of ether oxygens (including phenoxy) is 4. The fraction of sp³-hybridized carbons (Fsp3) is 0.395. The quantitative estimate of drug-likeness (QED) is 0.107. The number of hydrogen-bond donors (Lipinski definition) is 3. The molecule has 3 aromatic carbocycles. The van der Waals surface area contributed by atoms with Crippen LogP contribution in [-0.2, 0) is 47.9 Å². The Labute approximate surface area is 293 Å². The molecule has 3 amide bonds. The van der Waals surface area contributed by atoms with Gasteiger partial charge in [0.25, 0.3) is 0 Å². The zero-order valence-electron chi connectivity index (χ0n) is 29.3. The molecular formula is C38H47N3O9. The van der Waals surface area contributed by atoms with E-state index >= 15 is 0 Å². The number of rotatable bonds is 17. The maximum absolute atomic E-state index is 13.8. The van der Waals surface area contributed by atoms with Gasteiger partial charge in [-0.2, -0.15) is 0 Å². The van der Waals surface area contributed by atoms with Crippen molar-refractivity contribution < 1.29 is 42.9 Å². The highest BCUT2D eigenvalue weighted by atomic mass is 16.6. The van der Waals surface area contributed by atoms with Crippen molar-refractivity contribution in [2.75, 3.05) is 27.4 Å². The van der Waals surface area contributed by atoms with Crippen molar-refractivity contribution in [2.45, 2.75) is 70.6 Å². The number of amides is 3. The molecule has 3 N–H and O–H groups in total. The molecule has 0 saturated heterocycles. The summed E-state index contributed by atoms with van der Waals surface area (Å²) in [6.45, 7) is 5.09. The Bertz CT molecular complexity index is 1570. The lowest BCUT2D eigenvalue weighted by Crippen LogP contribution is -2.55. The molecule has 0 aromatic heterocycles. The third-order valence-electron chi connectivity index (χ3n) is 7.42. The summed E-state index contributed by atoms with van der Waals surface area (Å²) in [6.07, 6.45) is 1.74. The summed E-state index contributed by atoms with van der Waals surface area (Å²) in [7, 11) is 2.42. The number of alkyl carbamates (subject to hydrolysis) is 1. The molecule has 0 saturated carbocycles. The van der Waals surface area contributed by atoms with Crippen molar-refractivity contribution in [2.24, 2.45) is 0 Å². The van der Waals surface area contributed by atoms with Gasteiger partial charge < -0.3 is 34.9 Å². The minimum absolute atomic E-state index is 0.0205. The van der Waals surface area contributed by atoms with E-state index in [9.17, 15) is 24.0 Å². The van der Waals surface area contributed by atoms with Crippen LogP contribution in [0.4, 0.5) is 4.79 Å². The second-order valence-corrected chi connectivity index (χ2v) is 12.6. The van der Waals surface area contributed by atoms with Crippen molar-refractivity contribution in [3.05, 3.63) is 101 Å². The first-order valence-corrected chi connectivity index (χ1v) is 16.4. The second kappa shape index (κ2) is 19.6. The Morgan fingerprint density at radius 2 is 1.32 bits per heavy atom. The standard InChI is InChI=1S/C38H47N3O9/c1-38(2,3)50-37(46)41-31(23-27-17-10-7-11-18-27)35(44)40-30(34(43)39-21-13-12-16-26-14-8-6-9-15-26)24-28-19-20-32(49-25-33(42)47-4)29(22-28)36(45)48-5/h6-11,14-15,17-20,22,30-31H,12-13,16,21,23-25H2,1-5H3,(H,39,43)(H,40,44)(H,41,46)/t30-,31?/m0/s1. The lowest BCUT2D eigenvalue weighted by Gasteiger charge is -2.25. The molecule has 0 aliphatic carbocycles. The molecule has 50 heavy (non-hydrogen) atoms. The molecule has 2 atom stereocenters. The highest BCUT2D eigenvalue weighted by Crippen LogP contribution is 2.22. The minimum atomic E-state index is -1.09. The molecule has 0 heterocycles. The Hall–Kier alpha value is -5.39. The third kappa shape index (κ3) is 13.6. The highest BCUT2D eigenvalue weighted by Gasteiger charge is 2.29. The van der Waals surface area contributed by atoms with E-state index in [-0.39, 0.29) is 24.2 Å². The van der Waals surface area contributed by atoms with Crippen LogP contribution in [0, 0.1) is 0 Å². The number of esters is 2.